The summed E-state index contributed by atoms with van der Waals surface area (Å²) < 4.78 is 0. The van der Waals surface area contributed by atoms with Gasteiger partial charge in [0.1, 0.15) is 5.54 Å². The third kappa shape index (κ3) is 3.51. The molecule has 0 radical (unpaired) electrons. The maximum absolute atomic E-state index is 12.2. The molecule has 2 N–H and O–H groups in total. The number of carbonyl (C=O) groups is 2. The maximum Gasteiger partial charge on any atom is 0.252 e. The fraction of sp³-hybridized carbons (Fsp3) is 0.176. The molecule has 114 valence electrons. The summed E-state index contributed by atoms with van der Waals surface area (Å²) in [5.74, 6) is -2.10. The number of carboxylic acids is 1. The molecular formula is C17H16NO4-. The molecule has 0 spiro atoms. The molecule has 0 fully saturated rings. The number of carboxylic acid groups (broad SMARTS) is 1. The van der Waals surface area contributed by atoms with Crippen LogP contribution < -0.4 is 10.4 Å². The van der Waals surface area contributed by atoms with Crippen LogP contribution in [0.15, 0.2) is 60.7 Å². The molecule has 0 heterocycles. The summed E-state index contributed by atoms with van der Waals surface area (Å²) >= 11 is 0. The predicted octanol–water partition coefficient (Wildman–Crippen LogP) is 0.140. The first-order valence-electron chi connectivity index (χ1n) is 6.81. The Morgan fingerprint density at radius 1 is 1.00 bits per heavy atom. The molecule has 0 aliphatic heterocycles. The summed E-state index contributed by atoms with van der Waals surface area (Å²) in [6.45, 7) is -0.761. The molecule has 2 aromatic rings. The van der Waals surface area contributed by atoms with Gasteiger partial charge in [-0.15, -0.1) is 0 Å². The van der Waals surface area contributed by atoms with Crippen molar-refractivity contribution in [1.29, 1.82) is 0 Å². The molecular weight excluding hydrogens is 282 g/mol. The number of carbonyl (C=O) groups excluding carboxylic acids is 2. The van der Waals surface area contributed by atoms with E-state index in [0.29, 0.717) is 11.1 Å². The first-order valence-corrected chi connectivity index (χ1v) is 6.81. The van der Waals surface area contributed by atoms with Gasteiger partial charge >= 0.3 is 0 Å². The van der Waals surface area contributed by atoms with Crippen molar-refractivity contribution in [3.63, 3.8) is 0 Å². The number of aliphatic carboxylic acids is 1. The fourth-order valence-corrected chi connectivity index (χ4v) is 2.15. The lowest BCUT2D eigenvalue weighted by Crippen LogP contribution is -2.63. The zero-order chi connectivity index (χ0) is 16.0. The summed E-state index contributed by atoms with van der Waals surface area (Å²) in [6.07, 6.45) is -0.0642. The van der Waals surface area contributed by atoms with Crippen molar-refractivity contribution >= 4 is 11.9 Å². The quantitative estimate of drug-likeness (QED) is 0.794. The van der Waals surface area contributed by atoms with Gasteiger partial charge in [0, 0.05) is 12.0 Å². The van der Waals surface area contributed by atoms with Gasteiger partial charge in [-0.05, 0) is 17.7 Å². The molecule has 2 aromatic carbocycles. The zero-order valence-corrected chi connectivity index (χ0v) is 11.9. The lowest BCUT2D eigenvalue weighted by atomic mass is 9.91. The smallest absolute Gasteiger partial charge is 0.252 e. The Bertz CT molecular complexity index is 642. The minimum Gasteiger partial charge on any atom is -0.547 e. The van der Waals surface area contributed by atoms with Crippen molar-refractivity contribution in [2.45, 2.75) is 12.0 Å². The predicted molar refractivity (Wildman–Crippen MR) is 78.9 cm³/mol. The molecule has 2 rings (SSSR count). The van der Waals surface area contributed by atoms with Crippen LogP contribution in [0.4, 0.5) is 0 Å². The van der Waals surface area contributed by atoms with Crippen LogP contribution in [0.3, 0.4) is 0 Å². The molecule has 0 saturated heterocycles. The monoisotopic (exact) mass is 298 g/mol. The molecule has 1 atom stereocenters. The van der Waals surface area contributed by atoms with E-state index in [0.717, 1.165) is 0 Å². The van der Waals surface area contributed by atoms with Crippen LogP contribution in [-0.4, -0.2) is 29.1 Å². The summed E-state index contributed by atoms with van der Waals surface area (Å²) in [4.78, 5) is 23.7. The highest BCUT2D eigenvalue weighted by Gasteiger charge is 2.33. The third-order valence-electron chi connectivity index (χ3n) is 3.40. The molecule has 0 aromatic heterocycles. The second kappa shape index (κ2) is 6.87. The van der Waals surface area contributed by atoms with E-state index in [1.807, 2.05) is 0 Å². The molecule has 0 saturated carbocycles. The molecule has 22 heavy (non-hydrogen) atoms. The van der Waals surface area contributed by atoms with Crippen LogP contribution in [0.2, 0.25) is 0 Å². The number of amides is 1. The number of hydrogen-bond acceptors (Lipinski definition) is 4. The van der Waals surface area contributed by atoms with Gasteiger partial charge in [-0.2, -0.15) is 0 Å². The second-order valence-corrected chi connectivity index (χ2v) is 5.01. The number of hydrogen-bond donors (Lipinski definition) is 2. The standard InChI is InChI=1S/C17H17NO4/c19-12-17(16(21)22,11-13-7-3-1-4-8-13)18-15(20)14-9-5-2-6-10-14/h1-10,19H,11-12H2,(H,18,20)(H,21,22)/p-1/t17-/m1/s1. The second-order valence-electron chi connectivity index (χ2n) is 5.01. The van der Waals surface area contributed by atoms with Crippen molar-refractivity contribution < 1.29 is 19.8 Å². The molecule has 0 aliphatic carbocycles. The van der Waals surface area contributed by atoms with Gasteiger partial charge in [-0.25, -0.2) is 0 Å². The number of aliphatic hydroxyl groups is 1. The summed E-state index contributed by atoms with van der Waals surface area (Å²) in [5, 5.41) is 23.5. The molecule has 0 bridgehead atoms. The first kappa shape index (κ1) is 15.7. The van der Waals surface area contributed by atoms with E-state index in [1.165, 1.54) is 0 Å². The Kier molecular flexibility index (Phi) is 4.91. The van der Waals surface area contributed by atoms with Crippen LogP contribution in [0.1, 0.15) is 15.9 Å². The zero-order valence-electron chi connectivity index (χ0n) is 11.9. The topological polar surface area (TPSA) is 89.5 Å². The average molecular weight is 298 g/mol. The SMILES string of the molecule is O=C(N[C@@](CO)(Cc1ccccc1)C(=O)[O-])c1ccccc1. The minimum absolute atomic E-state index is 0.0642. The highest BCUT2D eigenvalue weighted by molar-refractivity contribution is 5.97. The van der Waals surface area contributed by atoms with E-state index in [4.69, 9.17) is 0 Å². The van der Waals surface area contributed by atoms with Crippen LogP contribution in [0.5, 0.6) is 0 Å². The average Bonchev–Trinajstić information content (AvgIpc) is 2.55. The Morgan fingerprint density at radius 2 is 1.55 bits per heavy atom. The number of rotatable bonds is 6. The van der Waals surface area contributed by atoms with Gasteiger partial charge in [0.2, 0.25) is 0 Å². The van der Waals surface area contributed by atoms with Crippen molar-refractivity contribution in [3.05, 3.63) is 71.8 Å². The van der Waals surface area contributed by atoms with Gasteiger partial charge in [-0.1, -0.05) is 48.5 Å². The lowest BCUT2D eigenvalue weighted by Gasteiger charge is -2.34. The molecule has 5 heteroatoms. The highest BCUT2D eigenvalue weighted by atomic mass is 16.4. The summed E-state index contributed by atoms with van der Waals surface area (Å²) in [5.41, 5.74) is -0.877. The Hall–Kier alpha value is -2.66. The van der Waals surface area contributed by atoms with Gasteiger partial charge in [-0.3, -0.25) is 4.79 Å². The highest BCUT2D eigenvalue weighted by Crippen LogP contribution is 2.14. The van der Waals surface area contributed by atoms with E-state index in [2.05, 4.69) is 5.32 Å². The molecule has 1 amide bonds. The van der Waals surface area contributed by atoms with E-state index in [-0.39, 0.29) is 6.42 Å². The van der Waals surface area contributed by atoms with E-state index in [1.54, 1.807) is 60.7 Å². The number of benzene rings is 2. The minimum atomic E-state index is -1.87. The van der Waals surface area contributed by atoms with E-state index >= 15 is 0 Å². The van der Waals surface area contributed by atoms with Crippen LogP contribution in [0, 0.1) is 0 Å². The normalized spacial score (nSPS) is 13.1. The first-order chi connectivity index (χ1) is 10.6. The van der Waals surface area contributed by atoms with Crippen LogP contribution in [-0.2, 0) is 11.2 Å². The Labute approximate surface area is 128 Å². The van der Waals surface area contributed by atoms with Gasteiger partial charge < -0.3 is 20.3 Å². The third-order valence-corrected chi connectivity index (χ3v) is 3.40. The molecule has 0 unspecified atom stereocenters. The summed E-state index contributed by atoms with van der Waals surface area (Å²) in [6, 6.07) is 17.0. The lowest BCUT2D eigenvalue weighted by molar-refractivity contribution is -0.315. The van der Waals surface area contributed by atoms with Crippen LogP contribution >= 0.6 is 0 Å². The van der Waals surface area contributed by atoms with Gasteiger partial charge in [0.25, 0.3) is 5.91 Å². The molecule has 5 nitrogen and oxygen atoms in total. The number of aliphatic hydroxyl groups excluding tert-OH is 1. The van der Waals surface area contributed by atoms with Crippen LogP contribution in [0.25, 0.3) is 0 Å². The van der Waals surface area contributed by atoms with E-state index < -0.39 is 24.0 Å². The number of nitrogens with one attached hydrogen (secondary N) is 1. The Balaban J connectivity index is 2.26. The Morgan fingerprint density at radius 3 is 2.05 bits per heavy atom. The fourth-order valence-electron chi connectivity index (χ4n) is 2.15. The van der Waals surface area contributed by atoms with Crippen molar-refractivity contribution in [1.82, 2.24) is 5.32 Å². The van der Waals surface area contributed by atoms with Crippen molar-refractivity contribution in [2.75, 3.05) is 6.61 Å². The van der Waals surface area contributed by atoms with Crippen molar-refractivity contribution in [2.24, 2.45) is 0 Å². The van der Waals surface area contributed by atoms with Crippen molar-refractivity contribution in [3.8, 4) is 0 Å². The molecule has 0 aliphatic rings. The largest absolute Gasteiger partial charge is 0.547 e. The summed E-state index contributed by atoms with van der Waals surface area (Å²) in [7, 11) is 0. The maximum atomic E-state index is 12.2. The van der Waals surface area contributed by atoms with Gasteiger partial charge in [0.05, 0.1) is 12.6 Å². The van der Waals surface area contributed by atoms with Gasteiger partial charge in [0.15, 0.2) is 0 Å². The van der Waals surface area contributed by atoms with E-state index in [9.17, 15) is 19.8 Å².